The van der Waals surface area contributed by atoms with Crippen LogP contribution < -0.4 is 0 Å². The highest BCUT2D eigenvalue weighted by Crippen LogP contribution is 2.29. The molecule has 2 N–H and O–H groups in total. The monoisotopic (exact) mass is 413 g/mol. The van der Waals surface area contributed by atoms with Gasteiger partial charge in [0.2, 0.25) is 0 Å². The zero-order chi connectivity index (χ0) is 21.3. The molecule has 0 aromatic rings. The fraction of sp³-hybridized carbons (Fsp3) is 0. The number of H-pyrrole nitrogens is 2. The van der Waals surface area contributed by atoms with E-state index in [-0.39, 0.29) is 0 Å². The summed E-state index contributed by atoms with van der Waals surface area (Å²) in [4.78, 5) is 11.2. The molecule has 32 heavy (non-hydrogen) atoms. The second kappa shape index (κ2) is 7.63. The number of nitrogens with zero attached hydrogens (tertiary/aromatic N) is 3. The number of aromatic amines is 2. The zero-order valence-electron chi connectivity index (χ0n) is 17.2. The molecule has 0 aromatic heterocycles. The molecule has 0 saturated carbocycles. The maximum atomic E-state index is 4.58. The molecule has 0 unspecified atom stereocenters. The van der Waals surface area contributed by atoms with E-state index in [1.54, 1.807) is 6.20 Å². The first-order chi connectivity index (χ1) is 15.8. The van der Waals surface area contributed by atoms with Crippen LogP contribution in [-0.2, 0) is 0 Å². The Bertz CT molecular complexity index is 1490. The lowest BCUT2D eigenvalue weighted by atomic mass is 10.1. The van der Waals surface area contributed by atoms with Gasteiger partial charge in [0.15, 0.2) is 0 Å². The van der Waals surface area contributed by atoms with E-state index in [4.69, 9.17) is 0 Å². The van der Waals surface area contributed by atoms with Gasteiger partial charge in [-0.25, -0.2) is 0 Å². The van der Waals surface area contributed by atoms with Crippen molar-refractivity contribution < 1.29 is 0 Å². The van der Waals surface area contributed by atoms with E-state index in [9.17, 15) is 0 Å². The molecule has 6 aliphatic rings. The quantitative estimate of drug-likeness (QED) is 0.362. The lowest BCUT2D eigenvalue weighted by Gasteiger charge is -2.03. The minimum absolute atomic E-state index is 0.768. The molecule has 2 aliphatic carbocycles. The lowest BCUT2D eigenvalue weighted by Crippen LogP contribution is -1.85. The van der Waals surface area contributed by atoms with E-state index in [0.29, 0.717) is 0 Å². The third-order valence-electron chi connectivity index (χ3n) is 5.69. The van der Waals surface area contributed by atoms with Gasteiger partial charge in [-0.1, -0.05) is 36.4 Å². The van der Waals surface area contributed by atoms with Crippen LogP contribution in [0, 0.1) is 0 Å². The Labute approximate surface area is 185 Å². The Kier molecular flexibility index (Phi) is 4.36. The Morgan fingerprint density at radius 2 is 1.28 bits per heavy atom. The van der Waals surface area contributed by atoms with Gasteiger partial charge in [0, 0.05) is 40.5 Å². The van der Waals surface area contributed by atoms with Crippen molar-refractivity contribution in [2.24, 2.45) is 0 Å². The van der Waals surface area contributed by atoms with Crippen LogP contribution >= 0.6 is 0 Å². The van der Waals surface area contributed by atoms with Crippen LogP contribution in [0.25, 0.3) is 57.8 Å². The maximum Gasteiger partial charge on any atom is 0.113 e. The molecule has 5 nitrogen and oxygen atoms in total. The predicted octanol–water partition coefficient (Wildman–Crippen LogP) is 6.18. The fourth-order valence-corrected chi connectivity index (χ4v) is 4.04. The van der Waals surface area contributed by atoms with Crippen molar-refractivity contribution in [3.63, 3.8) is 0 Å². The number of fused-ring (bicyclic) bond motifs is 3. The number of nitrogens with one attached hydrogen (secondary N) is 2. The standard InChI is InChI=1S/C27H19N5/c1-3-18-13-15-28-24(21(18)5-1)10-8-20-7-9-23-26(31-32-27(23)17-30-20)12-11-25-22-6-2-4-19(22)14-16-29-25/h1-17,28-29H/b10-8+,12-11+. The minimum Gasteiger partial charge on any atom is -0.361 e. The van der Waals surface area contributed by atoms with Crippen molar-refractivity contribution in [3.8, 4) is 33.5 Å². The van der Waals surface area contributed by atoms with Crippen LogP contribution in [0.4, 0.5) is 0 Å². The lowest BCUT2D eigenvalue weighted by molar-refractivity contribution is 1.08. The summed E-state index contributed by atoms with van der Waals surface area (Å²) >= 11 is 0. The molecule has 0 atom stereocenters. The van der Waals surface area contributed by atoms with Gasteiger partial charge in [-0.3, -0.25) is 4.98 Å². The fourth-order valence-electron chi connectivity index (χ4n) is 4.04. The molecule has 6 rings (SSSR count). The van der Waals surface area contributed by atoms with Crippen LogP contribution in [0.2, 0.25) is 0 Å². The number of pyridine rings is 2. The van der Waals surface area contributed by atoms with E-state index < -0.39 is 0 Å². The van der Waals surface area contributed by atoms with Gasteiger partial charge < -0.3 is 9.97 Å². The second-order valence-corrected chi connectivity index (χ2v) is 7.64. The van der Waals surface area contributed by atoms with E-state index in [0.717, 1.165) is 34.0 Å². The van der Waals surface area contributed by atoms with Crippen LogP contribution in [0.5, 0.6) is 0 Å². The Morgan fingerprint density at radius 1 is 0.594 bits per heavy atom. The van der Waals surface area contributed by atoms with Crippen molar-refractivity contribution in [3.05, 3.63) is 102 Å². The van der Waals surface area contributed by atoms with E-state index in [1.165, 1.54) is 22.3 Å². The molecule has 0 fully saturated rings. The van der Waals surface area contributed by atoms with Crippen molar-refractivity contribution >= 4 is 24.3 Å². The molecular formula is C27H19N5. The topological polar surface area (TPSA) is 70.2 Å². The Morgan fingerprint density at radius 3 is 2.00 bits per heavy atom. The largest absolute Gasteiger partial charge is 0.361 e. The van der Waals surface area contributed by atoms with Crippen molar-refractivity contribution in [1.29, 1.82) is 0 Å². The second-order valence-electron chi connectivity index (χ2n) is 7.64. The molecular weight excluding hydrogens is 394 g/mol. The first kappa shape index (κ1) is 18.3. The van der Waals surface area contributed by atoms with Crippen LogP contribution in [0.15, 0.2) is 79.3 Å². The minimum atomic E-state index is 0.768. The molecule has 0 aromatic carbocycles. The Balaban J connectivity index is 1.30. The zero-order valence-corrected chi connectivity index (χ0v) is 17.2. The van der Waals surface area contributed by atoms with Gasteiger partial charge >= 0.3 is 0 Å². The SMILES string of the molecule is C(=C\c1[nH]ccc2cccc1-2)/c1ccc2c(/C=C/c3[nH]ccc4cccc3-4)nnc-2cn1. The molecule has 0 spiro atoms. The summed E-state index contributed by atoms with van der Waals surface area (Å²) in [7, 11) is 0. The first-order valence-electron chi connectivity index (χ1n) is 10.5. The highest BCUT2D eigenvalue weighted by molar-refractivity contribution is 5.84. The summed E-state index contributed by atoms with van der Waals surface area (Å²) in [5.41, 5.74) is 10.3. The highest BCUT2D eigenvalue weighted by Gasteiger charge is 2.11. The number of aromatic nitrogens is 5. The van der Waals surface area contributed by atoms with Gasteiger partial charge in [0.05, 0.1) is 17.6 Å². The summed E-state index contributed by atoms with van der Waals surface area (Å²) in [6.07, 6.45) is 13.8. The van der Waals surface area contributed by atoms with Crippen molar-refractivity contribution in [2.45, 2.75) is 0 Å². The van der Waals surface area contributed by atoms with E-state index >= 15 is 0 Å². The molecule has 0 amide bonds. The van der Waals surface area contributed by atoms with E-state index in [1.807, 2.05) is 42.8 Å². The molecule has 4 heterocycles. The van der Waals surface area contributed by atoms with Crippen LogP contribution in [0.1, 0.15) is 22.8 Å². The molecule has 0 bridgehead atoms. The molecule has 5 heteroatoms. The highest BCUT2D eigenvalue weighted by atomic mass is 15.1. The maximum absolute atomic E-state index is 4.58. The summed E-state index contributed by atoms with van der Waals surface area (Å²) in [5, 5.41) is 8.66. The van der Waals surface area contributed by atoms with Crippen LogP contribution in [0.3, 0.4) is 0 Å². The third kappa shape index (κ3) is 3.26. The molecule has 0 radical (unpaired) electrons. The third-order valence-corrected chi connectivity index (χ3v) is 5.69. The van der Waals surface area contributed by atoms with Crippen molar-refractivity contribution in [1.82, 2.24) is 25.1 Å². The summed E-state index contributed by atoms with van der Waals surface area (Å²) in [6.45, 7) is 0. The van der Waals surface area contributed by atoms with Gasteiger partial charge in [-0.2, -0.15) is 0 Å². The summed E-state index contributed by atoms with van der Waals surface area (Å²) in [5.74, 6) is 0. The molecule has 4 aliphatic heterocycles. The number of rotatable bonds is 4. The predicted molar refractivity (Wildman–Crippen MR) is 129 cm³/mol. The van der Waals surface area contributed by atoms with Gasteiger partial charge in [-0.15, -0.1) is 10.2 Å². The normalized spacial score (nSPS) is 12.1. The Hall–Kier alpha value is -4.51. The number of hydrogen-bond donors (Lipinski definition) is 2. The van der Waals surface area contributed by atoms with Crippen LogP contribution in [-0.4, -0.2) is 25.1 Å². The summed E-state index contributed by atoms with van der Waals surface area (Å²) < 4.78 is 0. The molecule has 152 valence electrons. The average molecular weight is 413 g/mol. The summed E-state index contributed by atoms with van der Waals surface area (Å²) in [6, 6.07) is 20.7. The van der Waals surface area contributed by atoms with Gasteiger partial charge in [0.1, 0.15) is 5.69 Å². The molecule has 0 saturated heterocycles. The van der Waals surface area contributed by atoms with Crippen molar-refractivity contribution in [2.75, 3.05) is 0 Å². The van der Waals surface area contributed by atoms with E-state index in [2.05, 4.69) is 79.8 Å². The number of hydrogen-bond acceptors (Lipinski definition) is 3. The van der Waals surface area contributed by atoms with Gasteiger partial charge in [-0.05, 0) is 59.7 Å². The van der Waals surface area contributed by atoms with Gasteiger partial charge in [0.25, 0.3) is 0 Å². The first-order valence-corrected chi connectivity index (χ1v) is 10.5. The smallest absolute Gasteiger partial charge is 0.113 e. The average Bonchev–Trinajstić information content (AvgIpc) is 3.54.